The number of esters is 1. The maximum Gasteiger partial charge on any atom is 0.310 e. The first kappa shape index (κ1) is 14.3. The highest BCUT2D eigenvalue weighted by molar-refractivity contribution is 6.29. The summed E-state index contributed by atoms with van der Waals surface area (Å²) in [6.45, 7) is 4.76. The third-order valence-electron chi connectivity index (χ3n) is 3.28. The van der Waals surface area contributed by atoms with Crippen molar-refractivity contribution in [2.45, 2.75) is 26.3 Å². The van der Waals surface area contributed by atoms with E-state index in [4.69, 9.17) is 16.3 Å². The van der Waals surface area contributed by atoms with Crippen LogP contribution in [0.2, 0.25) is 5.15 Å². The summed E-state index contributed by atoms with van der Waals surface area (Å²) in [4.78, 5) is 18.3. The zero-order valence-electron chi connectivity index (χ0n) is 11.1. The number of hydrogen-bond donors (Lipinski definition) is 0. The zero-order chi connectivity index (χ0) is 13.7. The predicted octanol–water partition coefficient (Wildman–Crippen LogP) is 2.51. The number of pyridine rings is 1. The normalized spacial score (nSPS) is 20.2. The first-order chi connectivity index (χ1) is 9.19. The Morgan fingerprint density at radius 3 is 3.16 bits per heavy atom. The van der Waals surface area contributed by atoms with Gasteiger partial charge in [0.05, 0.1) is 18.2 Å². The number of rotatable bonds is 4. The molecule has 0 radical (unpaired) electrons. The molecule has 1 aliphatic rings. The molecule has 1 fully saturated rings. The molecule has 0 N–H and O–H groups in total. The molecule has 0 aliphatic carbocycles. The van der Waals surface area contributed by atoms with Gasteiger partial charge in [0, 0.05) is 13.1 Å². The number of hydrogen-bond acceptors (Lipinski definition) is 4. The van der Waals surface area contributed by atoms with Crippen molar-refractivity contribution in [3.05, 3.63) is 29.0 Å². The highest BCUT2D eigenvalue weighted by atomic mass is 35.5. The van der Waals surface area contributed by atoms with Gasteiger partial charge in [0.15, 0.2) is 0 Å². The van der Waals surface area contributed by atoms with Gasteiger partial charge in [-0.1, -0.05) is 17.7 Å². The molecule has 2 rings (SSSR count). The second kappa shape index (κ2) is 6.87. The minimum Gasteiger partial charge on any atom is -0.466 e. The van der Waals surface area contributed by atoms with Crippen molar-refractivity contribution in [3.8, 4) is 0 Å². The lowest BCUT2D eigenvalue weighted by Crippen LogP contribution is -2.39. The van der Waals surface area contributed by atoms with E-state index in [1.54, 1.807) is 6.07 Å². The summed E-state index contributed by atoms with van der Waals surface area (Å²) in [5, 5.41) is 0.511. The average molecular weight is 283 g/mol. The topological polar surface area (TPSA) is 42.4 Å². The van der Waals surface area contributed by atoms with E-state index in [1.165, 1.54) is 0 Å². The molecular weight excluding hydrogens is 264 g/mol. The predicted molar refractivity (Wildman–Crippen MR) is 73.9 cm³/mol. The number of aromatic nitrogens is 1. The molecule has 19 heavy (non-hydrogen) atoms. The Labute approximate surface area is 118 Å². The van der Waals surface area contributed by atoms with Crippen molar-refractivity contribution in [1.82, 2.24) is 9.88 Å². The second-order valence-electron chi connectivity index (χ2n) is 4.78. The lowest BCUT2D eigenvalue weighted by atomic mass is 9.98. The van der Waals surface area contributed by atoms with Crippen LogP contribution in [0.1, 0.15) is 25.5 Å². The molecular formula is C14H19ClN2O2. The molecule has 0 unspecified atom stereocenters. The van der Waals surface area contributed by atoms with E-state index in [0.29, 0.717) is 11.8 Å². The summed E-state index contributed by atoms with van der Waals surface area (Å²) < 4.78 is 5.10. The van der Waals surface area contributed by atoms with Gasteiger partial charge in [0.2, 0.25) is 0 Å². The van der Waals surface area contributed by atoms with Crippen molar-refractivity contribution in [2.75, 3.05) is 19.7 Å². The van der Waals surface area contributed by atoms with E-state index in [1.807, 2.05) is 19.1 Å². The summed E-state index contributed by atoms with van der Waals surface area (Å²) in [5.74, 6) is -0.0841. The van der Waals surface area contributed by atoms with Gasteiger partial charge in [-0.2, -0.15) is 0 Å². The number of carbonyl (C=O) groups excluding carboxylic acids is 1. The van der Waals surface area contributed by atoms with Gasteiger partial charge in [-0.05, 0) is 38.4 Å². The number of halogens is 1. The summed E-state index contributed by atoms with van der Waals surface area (Å²) in [7, 11) is 0. The Balaban J connectivity index is 1.92. The Kier molecular flexibility index (Phi) is 5.16. The summed E-state index contributed by atoms with van der Waals surface area (Å²) in [6.07, 6.45) is 1.93. The van der Waals surface area contributed by atoms with Crippen LogP contribution >= 0.6 is 11.6 Å². The quantitative estimate of drug-likeness (QED) is 0.629. The van der Waals surface area contributed by atoms with Crippen LogP contribution in [-0.4, -0.2) is 35.5 Å². The van der Waals surface area contributed by atoms with Gasteiger partial charge >= 0.3 is 5.97 Å². The smallest absolute Gasteiger partial charge is 0.310 e. The van der Waals surface area contributed by atoms with Crippen molar-refractivity contribution in [1.29, 1.82) is 0 Å². The molecule has 1 aliphatic heterocycles. The van der Waals surface area contributed by atoms with Crippen molar-refractivity contribution >= 4 is 17.6 Å². The van der Waals surface area contributed by atoms with Crippen LogP contribution < -0.4 is 0 Å². The largest absolute Gasteiger partial charge is 0.466 e. The minimum atomic E-state index is -0.0775. The maximum absolute atomic E-state index is 11.8. The van der Waals surface area contributed by atoms with Gasteiger partial charge < -0.3 is 4.74 Å². The van der Waals surface area contributed by atoms with Crippen LogP contribution in [0.4, 0.5) is 0 Å². The standard InChI is InChI=1S/C14H19ClN2O2/c1-2-19-14(18)11-5-4-8-17(9-11)10-12-6-3-7-13(15)16-12/h3,6-7,11H,2,4-5,8-10H2,1H3/t11-/m0/s1. The lowest BCUT2D eigenvalue weighted by molar-refractivity contribution is -0.150. The Hall–Kier alpha value is -1.13. The van der Waals surface area contributed by atoms with Crippen LogP contribution in [-0.2, 0) is 16.1 Å². The molecule has 5 heteroatoms. The van der Waals surface area contributed by atoms with Crippen LogP contribution in [0.5, 0.6) is 0 Å². The molecule has 2 heterocycles. The van der Waals surface area contributed by atoms with Crippen LogP contribution in [0, 0.1) is 5.92 Å². The Morgan fingerprint density at radius 2 is 2.42 bits per heavy atom. The first-order valence-electron chi connectivity index (χ1n) is 6.69. The van der Waals surface area contributed by atoms with Crippen molar-refractivity contribution < 1.29 is 9.53 Å². The van der Waals surface area contributed by atoms with Crippen molar-refractivity contribution in [3.63, 3.8) is 0 Å². The third kappa shape index (κ3) is 4.18. The molecule has 0 saturated carbocycles. The first-order valence-corrected chi connectivity index (χ1v) is 7.07. The van der Waals surface area contributed by atoms with E-state index in [2.05, 4.69) is 9.88 Å². The summed E-state index contributed by atoms with van der Waals surface area (Å²) >= 11 is 5.88. The monoisotopic (exact) mass is 282 g/mol. The van der Waals surface area contributed by atoms with E-state index in [0.717, 1.165) is 38.2 Å². The molecule has 4 nitrogen and oxygen atoms in total. The molecule has 1 atom stereocenters. The zero-order valence-corrected chi connectivity index (χ0v) is 11.9. The SMILES string of the molecule is CCOC(=O)[C@H]1CCCN(Cc2cccc(Cl)n2)C1. The molecule has 0 amide bonds. The number of carbonyl (C=O) groups is 1. The summed E-state index contributed by atoms with van der Waals surface area (Å²) in [5.41, 5.74) is 0.942. The molecule has 104 valence electrons. The Morgan fingerprint density at radius 1 is 1.58 bits per heavy atom. The van der Waals surface area contributed by atoms with E-state index < -0.39 is 0 Å². The number of piperidine rings is 1. The second-order valence-corrected chi connectivity index (χ2v) is 5.17. The molecule has 1 saturated heterocycles. The highest BCUT2D eigenvalue weighted by Crippen LogP contribution is 2.19. The lowest BCUT2D eigenvalue weighted by Gasteiger charge is -2.31. The number of nitrogens with zero attached hydrogens (tertiary/aromatic N) is 2. The molecule has 0 aromatic carbocycles. The fourth-order valence-electron chi connectivity index (χ4n) is 2.42. The third-order valence-corrected chi connectivity index (χ3v) is 3.49. The van der Waals surface area contributed by atoms with Gasteiger partial charge in [-0.15, -0.1) is 0 Å². The average Bonchev–Trinajstić information content (AvgIpc) is 2.39. The molecule has 0 spiro atoms. The van der Waals surface area contributed by atoms with Gasteiger partial charge in [0.1, 0.15) is 5.15 Å². The number of ether oxygens (including phenoxy) is 1. The van der Waals surface area contributed by atoms with E-state index >= 15 is 0 Å². The van der Waals surface area contributed by atoms with E-state index in [-0.39, 0.29) is 11.9 Å². The van der Waals surface area contributed by atoms with Crippen LogP contribution in [0.15, 0.2) is 18.2 Å². The highest BCUT2D eigenvalue weighted by Gasteiger charge is 2.26. The van der Waals surface area contributed by atoms with E-state index in [9.17, 15) is 4.79 Å². The fourth-order valence-corrected chi connectivity index (χ4v) is 2.60. The van der Waals surface area contributed by atoms with Crippen molar-refractivity contribution in [2.24, 2.45) is 5.92 Å². The molecule has 1 aromatic rings. The maximum atomic E-state index is 11.8. The van der Waals surface area contributed by atoms with Crippen LogP contribution in [0.3, 0.4) is 0 Å². The summed E-state index contributed by atoms with van der Waals surface area (Å²) in [6, 6.07) is 5.62. The minimum absolute atomic E-state index is 0.00659. The van der Waals surface area contributed by atoms with Crippen LogP contribution in [0.25, 0.3) is 0 Å². The molecule has 1 aromatic heterocycles. The Bertz CT molecular complexity index is 439. The van der Waals surface area contributed by atoms with Gasteiger partial charge in [-0.25, -0.2) is 4.98 Å². The number of likely N-dealkylation sites (tertiary alicyclic amines) is 1. The van der Waals surface area contributed by atoms with Gasteiger partial charge in [0.25, 0.3) is 0 Å². The fraction of sp³-hybridized carbons (Fsp3) is 0.571. The van der Waals surface area contributed by atoms with Gasteiger partial charge in [-0.3, -0.25) is 9.69 Å². The molecule has 0 bridgehead atoms.